The van der Waals surface area contributed by atoms with E-state index in [1.807, 2.05) is 0 Å². The summed E-state index contributed by atoms with van der Waals surface area (Å²) in [5, 5.41) is 129. The zero-order chi connectivity index (χ0) is 50.0. The Kier molecular flexibility index (Phi) is 14.0. The Morgan fingerprint density at radius 3 is 1.97 bits per heavy atom. The molecule has 0 aromatic heterocycles. The minimum absolute atomic E-state index is 0.0372. The number of ether oxygens (including phenoxy) is 6. The number of hydrogen-bond donors (Lipinski definition) is 12. The minimum atomic E-state index is -1.89. The quantitative estimate of drug-likeness (QED) is 0.0994. The summed E-state index contributed by atoms with van der Waals surface area (Å²) in [5.74, 6) is -2.47. The van der Waals surface area contributed by atoms with Gasteiger partial charge < -0.3 is 89.7 Å². The van der Waals surface area contributed by atoms with Crippen molar-refractivity contribution < 1.29 is 99.3 Å². The van der Waals surface area contributed by atoms with Crippen LogP contribution in [-0.4, -0.2) is 191 Å². The molecule has 5 aliphatic carbocycles. The number of aliphatic hydroxyl groups excluding tert-OH is 11. The predicted octanol–water partition coefficient (Wildman–Crippen LogP) is -0.796. The Morgan fingerprint density at radius 1 is 0.691 bits per heavy atom. The summed E-state index contributed by atoms with van der Waals surface area (Å²) < 4.78 is 34.6. The highest BCUT2D eigenvalue weighted by Crippen LogP contribution is 2.76. The molecule has 0 bridgehead atoms. The van der Waals surface area contributed by atoms with Crippen LogP contribution < -0.4 is 0 Å². The highest BCUT2D eigenvalue weighted by molar-refractivity contribution is 5.79. The monoisotopic (exact) mass is 972 g/mol. The molecule has 25 atom stereocenters. The van der Waals surface area contributed by atoms with Gasteiger partial charge in [0, 0.05) is 0 Å². The minimum Gasteiger partial charge on any atom is -0.481 e. The smallest absolute Gasteiger partial charge is 0.315 e. The van der Waals surface area contributed by atoms with E-state index < -0.39 is 151 Å². The Hall–Kier alpha value is -1.96. The summed E-state index contributed by atoms with van der Waals surface area (Å²) >= 11 is 0. The number of allylic oxidation sites excluding steroid dienone is 2. The first kappa shape index (κ1) is 52.4. The van der Waals surface area contributed by atoms with E-state index in [1.54, 1.807) is 6.92 Å². The van der Waals surface area contributed by atoms with Crippen LogP contribution in [0.15, 0.2) is 11.6 Å². The van der Waals surface area contributed by atoms with Crippen LogP contribution in [0, 0.1) is 50.2 Å². The molecular formula is C48H76O20. The van der Waals surface area contributed by atoms with Gasteiger partial charge in [0.15, 0.2) is 12.6 Å². The number of carboxylic acid groups (broad SMARTS) is 1. The summed E-state index contributed by atoms with van der Waals surface area (Å²) in [6.45, 7) is 12.5. The molecule has 12 N–H and O–H groups in total. The summed E-state index contributed by atoms with van der Waals surface area (Å²) in [6.07, 6.45) is -20.1. The van der Waals surface area contributed by atoms with Gasteiger partial charge in [-0.15, -0.1) is 0 Å². The van der Waals surface area contributed by atoms with Crippen LogP contribution in [0.3, 0.4) is 0 Å². The normalized spacial score (nSPS) is 54.5. The molecule has 0 spiro atoms. The van der Waals surface area contributed by atoms with E-state index in [1.165, 1.54) is 6.92 Å². The molecule has 0 amide bonds. The second-order valence-corrected chi connectivity index (χ2v) is 23.4. The Balaban J connectivity index is 0.987. The van der Waals surface area contributed by atoms with E-state index in [-0.39, 0.29) is 35.0 Å². The second kappa shape index (κ2) is 18.2. The number of hydrogen-bond acceptors (Lipinski definition) is 19. The number of fused-ring (bicyclic) bond motifs is 7. The van der Waals surface area contributed by atoms with Crippen molar-refractivity contribution in [3.05, 3.63) is 11.6 Å². The molecule has 25 unspecified atom stereocenters. The van der Waals surface area contributed by atoms with Crippen molar-refractivity contribution in [1.82, 2.24) is 0 Å². The molecule has 7 fully saturated rings. The van der Waals surface area contributed by atoms with Gasteiger partial charge in [0.1, 0.15) is 67.1 Å². The van der Waals surface area contributed by atoms with Crippen molar-refractivity contribution >= 4 is 11.9 Å². The third-order valence-electron chi connectivity index (χ3n) is 19.4. The number of carboxylic acids is 1. The third kappa shape index (κ3) is 7.94. The molecular weight excluding hydrogens is 897 g/mol. The van der Waals surface area contributed by atoms with E-state index >= 15 is 0 Å². The van der Waals surface area contributed by atoms with Gasteiger partial charge in [-0.1, -0.05) is 46.3 Å². The van der Waals surface area contributed by atoms with Crippen molar-refractivity contribution in [2.24, 2.45) is 50.2 Å². The van der Waals surface area contributed by atoms with Crippen LogP contribution in [0.4, 0.5) is 0 Å². The molecule has 20 heteroatoms. The van der Waals surface area contributed by atoms with Gasteiger partial charge in [0.05, 0.1) is 42.4 Å². The molecule has 68 heavy (non-hydrogen) atoms. The van der Waals surface area contributed by atoms with Crippen LogP contribution in [0.1, 0.15) is 106 Å². The fourth-order valence-electron chi connectivity index (χ4n) is 14.9. The zero-order valence-electron chi connectivity index (χ0n) is 40.0. The van der Waals surface area contributed by atoms with Gasteiger partial charge in [0.25, 0.3) is 0 Å². The van der Waals surface area contributed by atoms with E-state index in [4.69, 9.17) is 28.4 Å². The number of esters is 1. The summed E-state index contributed by atoms with van der Waals surface area (Å²) in [4.78, 5) is 27.9. The van der Waals surface area contributed by atoms with Crippen LogP contribution in [0.5, 0.6) is 0 Å². The maximum Gasteiger partial charge on any atom is 0.315 e. The van der Waals surface area contributed by atoms with E-state index in [9.17, 15) is 70.9 Å². The van der Waals surface area contributed by atoms with Gasteiger partial charge in [0.2, 0.25) is 6.29 Å². The average Bonchev–Trinajstić information content (AvgIpc) is 3.28. The Morgan fingerprint density at radius 2 is 1.31 bits per heavy atom. The molecule has 8 aliphatic rings. The Bertz CT molecular complexity index is 1920. The molecule has 0 aromatic carbocycles. The number of rotatable bonds is 9. The lowest BCUT2D eigenvalue weighted by Crippen LogP contribution is -2.69. The van der Waals surface area contributed by atoms with Gasteiger partial charge >= 0.3 is 11.9 Å². The van der Waals surface area contributed by atoms with E-state index in [0.717, 1.165) is 5.57 Å². The lowest BCUT2D eigenvalue weighted by molar-refractivity contribution is -0.361. The average molecular weight is 973 g/mol. The lowest BCUT2D eigenvalue weighted by atomic mass is 9.33. The first-order valence-electron chi connectivity index (χ1n) is 24.4. The molecule has 3 aliphatic heterocycles. The number of carbonyl (C=O) groups is 2. The maximum absolute atomic E-state index is 15.0. The van der Waals surface area contributed by atoms with E-state index in [2.05, 4.69) is 40.7 Å². The highest BCUT2D eigenvalue weighted by Gasteiger charge is 2.72. The largest absolute Gasteiger partial charge is 0.481 e. The SMILES string of the molecule is CC1OC(OC2C(CO)OC(OCC3OC(OC(=O)C45CCC(C)(C)CC4C4=CCC6C7(C)CC(O)C(O)C(C)(C(=O)O)C7CCC6(C)C4(C)CC5)C(O)C(O)C3O)C(O)C2O)C(O)C(O)C1O. The number of aliphatic hydroxyl groups is 11. The number of aliphatic carboxylic acids is 1. The molecule has 20 nitrogen and oxygen atoms in total. The topological polar surface area (TPSA) is 332 Å². The van der Waals surface area contributed by atoms with Crippen molar-refractivity contribution in [1.29, 1.82) is 0 Å². The van der Waals surface area contributed by atoms with Gasteiger partial charge in [-0.2, -0.15) is 0 Å². The first-order valence-corrected chi connectivity index (χ1v) is 24.4. The van der Waals surface area contributed by atoms with Gasteiger partial charge in [-0.05, 0) is 111 Å². The van der Waals surface area contributed by atoms with Gasteiger partial charge in [-0.3, -0.25) is 9.59 Å². The highest BCUT2D eigenvalue weighted by atomic mass is 16.8. The summed E-state index contributed by atoms with van der Waals surface area (Å²) in [6, 6.07) is 0. The fraction of sp³-hybridized carbons (Fsp3) is 0.917. The van der Waals surface area contributed by atoms with Crippen molar-refractivity contribution in [2.75, 3.05) is 13.2 Å². The van der Waals surface area contributed by atoms with Gasteiger partial charge in [-0.25, -0.2) is 0 Å². The van der Waals surface area contributed by atoms with Crippen LogP contribution >= 0.6 is 0 Å². The second-order valence-electron chi connectivity index (χ2n) is 23.4. The molecule has 8 rings (SSSR count). The molecule has 0 radical (unpaired) electrons. The summed E-state index contributed by atoms with van der Waals surface area (Å²) in [5.41, 5.74) is -3.05. The lowest BCUT2D eigenvalue weighted by Gasteiger charge is -2.71. The van der Waals surface area contributed by atoms with Crippen LogP contribution in [0.2, 0.25) is 0 Å². The predicted molar refractivity (Wildman–Crippen MR) is 232 cm³/mol. The number of carbonyl (C=O) groups excluding carboxylic acids is 1. The van der Waals surface area contributed by atoms with Crippen LogP contribution in [-0.2, 0) is 38.0 Å². The fourth-order valence-corrected chi connectivity index (χ4v) is 14.9. The molecule has 3 saturated heterocycles. The summed E-state index contributed by atoms with van der Waals surface area (Å²) in [7, 11) is 0. The molecule has 0 aromatic rings. The van der Waals surface area contributed by atoms with Crippen molar-refractivity contribution in [3.63, 3.8) is 0 Å². The standard InChI is InChI=1S/C48H76O20/c1-20-28(51)30(53)33(56)39(64-20)67-36-24(18-49)65-38(35(58)32(36)55)63-19-25-29(52)31(54)34(57)40(66-25)68-42(62)48-14-12-43(2,3)16-22(48)21-8-9-26-44(4)17-23(50)37(59)47(7,41(60)61)27(44)10-11-46(26,6)45(21,5)13-15-48/h8,20,22-40,49-59H,9-19H2,1-7H3,(H,60,61). The van der Waals surface area contributed by atoms with Crippen molar-refractivity contribution in [3.8, 4) is 0 Å². The van der Waals surface area contributed by atoms with Crippen molar-refractivity contribution in [2.45, 2.75) is 211 Å². The maximum atomic E-state index is 15.0. The Labute approximate surface area is 396 Å². The molecule has 4 saturated carbocycles. The molecule has 3 heterocycles. The third-order valence-corrected chi connectivity index (χ3v) is 19.4. The van der Waals surface area contributed by atoms with Crippen LogP contribution in [0.25, 0.3) is 0 Å². The van der Waals surface area contributed by atoms with E-state index in [0.29, 0.717) is 51.4 Å². The first-order chi connectivity index (χ1) is 31.6. The molecule has 388 valence electrons. The zero-order valence-corrected chi connectivity index (χ0v) is 40.0.